The van der Waals surface area contributed by atoms with Crippen LogP contribution < -0.4 is 15.0 Å². The van der Waals surface area contributed by atoms with Crippen LogP contribution in [0.25, 0.3) is 0 Å². The highest BCUT2D eigenvalue weighted by Gasteiger charge is 2.41. The molecule has 4 aliphatic heterocycles. The van der Waals surface area contributed by atoms with Gasteiger partial charge in [0, 0.05) is 74.3 Å². The van der Waals surface area contributed by atoms with Gasteiger partial charge >= 0.3 is 0 Å². The van der Waals surface area contributed by atoms with E-state index in [1.54, 1.807) is 0 Å². The summed E-state index contributed by atoms with van der Waals surface area (Å²) in [4.78, 5) is 47.5. The van der Waals surface area contributed by atoms with E-state index in [1.165, 1.54) is 17.0 Å². The standard InChI is InChI=1S/C26H28FN5O4/c27-18-11-19-20(15-32(26(19)35)21-3-4-23(33)29-24(21)34)22(12-18)31-7-5-30(6-8-31)14-16-10-17-2-1-9-36-25(17)28-13-16/h10-13,21H,1-9,14-15H2,(H,29,33,34). The lowest BCUT2D eigenvalue weighted by atomic mass is 10.0. The predicted molar refractivity (Wildman–Crippen MR) is 128 cm³/mol. The van der Waals surface area contributed by atoms with E-state index in [1.807, 2.05) is 6.20 Å². The molecule has 4 aliphatic rings. The topological polar surface area (TPSA) is 95.1 Å². The normalized spacial score (nSPS) is 22.2. The van der Waals surface area contributed by atoms with Crippen molar-refractivity contribution in [3.63, 3.8) is 0 Å². The minimum Gasteiger partial charge on any atom is -0.477 e. The highest BCUT2D eigenvalue weighted by Crippen LogP contribution is 2.35. The molecule has 2 saturated heterocycles. The summed E-state index contributed by atoms with van der Waals surface area (Å²) in [5.74, 6) is -0.874. The zero-order chi connectivity index (χ0) is 24.8. The second-order valence-corrected chi connectivity index (χ2v) is 9.87. The van der Waals surface area contributed by atoms with Crippen molar-refractivity contribution < 1.29 is 23.5 Å². The molecule has 0 saturated carbocycles. The number of imide groups is 1. The summed E-state index contributed by atoms with van der Waals surface area (Å²) in [6.07, 6.45) is 4.35. The van der Waals surface area contributed by atoms with Crippen LogP contribution in [0.5, 0.6) is 5.88 Å². The molecule has 1 N–H and O–H groups in total. The van der Waals surface area contributed by atoms with E-state index in [9.17, 15) is 18.8 Å². The molecular weight excluding hydrogens is 465 g/mol. The van der Waals surface area contributed by atoms with Gasteiger partial charge in [0.15, 0.2) is 0 Å². The van der Waals surface area contributed by atoms with Gasteiger partial charge in [-0.3, -0.25) is 24.6 Å². The van der Waals surface area contributed by atoms with Gasteiger partial charge in [-0.2, -0.15) is 0 Å². The van der Waals surface area contributed by atoms with E-state index in [0.717, 1.165) is 61.7 Å². The van der Waals surface area contributed by atoms with Gasteiger partial charge < -0.3 is 14.5 Å². The Morgan fingerprint density at radius 1 is 1.08 bits per heavy atom. The highest BCUT2D eigenvalue weighted by molar-refractivity contribution is 6.06. The zero-order valence-electron chi connectivity index (χ0n) is 20.0. The number of carbonyl (C=O) groups is 3. The predicted octanol–water partition coefficient (Wildman–Crippen LogP) is 1.63. The molecule has 1 aromatic heterocycles. The Balaban J connectivity index is 1.15. The quantitative estimate of drug-likeness (QED) is 0.647. The Bertz CT molecular complexity index is 1240. The fourth-order valence-corrected chi connectivity index (χ4v) is 5.67. The molecule has 5 heterocycles. The maximum atomic E-state index is 14.6. The molecule has 0 aliphatic carbocycles. The Kier molecular flexibility index (Phi) is 5.83. The molecular formula is C26H28FN5O4. The number of carbonyl (C=O) groups excluding carboxylic acids is 3. The third-order valence-electron chi connectivity index (χ3n) is 7.53. The minimum atomic E-state index is -0.717. The molecule has 3 amide bonds. The molecule has 0 bridgehead atoms. The Morgan fingerprint density at radius 3 is 2.72 bits per heavy atom. The number of hydrogen-bond donors (Lipinski definition) is 1. The minimum absolute atomic E-state index is 0.187. The number of benzene rings is 1. The van der Waals surface area contributed by atoms with Crippen LogP contribution in [0.15, 0.2) is 24.4 Å². The molecule has 0 radical (unpaired) electrons. The van der Waals surface area contributed by atoms with E-state index >= 15 is 0 Å². The summed E-state index contributed by atoms with van der Waals surface area (Å²) >= 11 is 0. The monoisotopic (exact) mass is 493 g/mol. The molecule has 10 heteroatoms. The van der Waals surface area contributed by atoms with Gasteiger partial charge in [-0.1, -0.05) is 0 Å². The Morgan fingerprint density at radius 2 is 1.92 bits per heavy atom. The molecule has 1 unspecified atom stereocenters. The summed E-state index contributed by atoms with van der Waals surface area (Å²) in [7, 11) is 0. The van der Waals surface area contributed by atoms with Crippen molar-refractivity contribution in [1.82, 2.24) is 20.1 Å². The van der Waals surface area contributed by atoms with Crippen LogP contribution in [0.1, 0.15) is 46.3 Å². The number of halogens is 1. The zero-order valence-corrected chi connectivity index (χ0v) is 20.0. The molecule has 188 valence electrons. The number of nitrogens with one attached hydrogen (secondary N) is 1. The molecule has 2 fully saturated rings. The Labute approximate surface area is 208 Å². The van der Waals surface area contributed by atoms with Gasteiger partial charge in [0.2, 0.25) is 17.7 Å². The summed E-state index contributed by atoms with van der Waals surface area (Å²) in [5.41, 5.74) is 4.08. The largest absolute Gasteiger partial charge is 0.477 e. The van der Waals surface area contributed by atoms with E-state index < -0.39 is 17.8 Å². The molecule has 0 spiro atoms. The third-order valence-corrected chi connectivity index (χ3v) is 7.53. The van der Waals surface area contributed by atoms with Crippen molar-refractivity contribution in [2.45, 2.75) is 44.8 Å². The number of amides is 3. The van der Waals surface area contributed by atoms with Gasteiger partial charge in [-0.25, -0.2) is 9.37 Å². The number of anilines is 1. The molecule has 2 aromatic rings. The second-order valence-electron chi connectivity index (χ2n) is 9.87. The fourth-order valence-electron chi connectivity index (χ4n) is 5.67. The van der Waals surface area contributed by atoms with Crippen molar-refractivity contribution in [3.05, 3.63) is 52.5 Å². The van der Waals surface area contributed by atoms with Gasteiger partial charge in [0.1, 0.15) is 11.9 Å². The smallest absolute Gasteiger partial charge is 0.255 e. The lowest BCUT2D eigenvalue weighted by Crippen LogP contribution is -2.52. The fraction of sp³-hybridized carbons (Fsp3) is 0.462. The van der Waals surface area contributed by atoms with Gasteiger partial charge in [-0.05, 0) is 43.0 Å². The van der Waals surface area contributed by atoms with Crippen LogP contribution in [0.2, 0.25) is 0 Å². The average molecular weight is 494 g/mol. The van der Waals surface area contributed by atoms with Crippen LogP contribution in [0.4, 0.5) is 10.1 Å². The molecule has 36 heavy (non-hydrogen) atoms. The molecule has 1 aromatic carbocycles. The number of piperidine rings is 1. The Hall–Kier alpha value is -3.53. The SMILES string of the molecule is O=C1CCC(N2Cc3c(cc(F)cc3N3CCN(Cc4cnc5c(c4)CCCO5)CC3)C2=O)C(=O)N1. The summed E-state index contributed by atoms with van der Waals surface area (Å²) in [6.45, 7) is 4.74. The molecule has 9 nitrogen and oxygen atoms in total. The first-order valence-corrected chi connectivity index (χ1v) is 12.5. The number of ether oxygens (including phenoxy) is 1. The van der Waals surface area contributed by atoms with E-state index in [-0.39, 0.29) is 31.2 Å². The summed E-state index contributed by atoms with van der Waals surface area (Å²) in [5, 5.41) is 2.31. The number of nitrogens with zero attached hydrogens (tertiary/aromatic N) is 4. The number of rotatable bonds is 4. The van der Waals surface area contributed by atoms with E-state index in [0.29, 0.717) is 24.3 Å². The van der Waals surface area contributed by atoms with Crippen molar-refractivity contribution in [2.75, 3.05) is 37.7 Å². The van der Waals surface area contributed by atoms with Crippen molar-refractivity contribution in [1.29, 1.82) is 0 Å². The maximum Gasteiger partial charge on any atom is 0.255 e. The van der Waals surface area contributed by atoms with Gasteiger partial charge in [-0.15, -0.1) is 0 Å². The van der Waals surface area contributed by atoms with Gasteiger partial charge in [0.05, 0.1) is 6.61 Å². The maximum absolute atomic E-state index is 14.6. The first-order chi connectivity index (χ1) is 17.5. The van der Waals surface area contributed by atoms with Gasteiger partial charge in [0.25, 0.3) is 5.91 Å². The van der Waals surface area contributed by atoms with E-state index in [4.69, 9.17) is 4.74 Å². The highest BCUT2D eigenvalue weighted by atomic mass is 19.1. The van der Waals surface area contributed by atoms with Crippen LogP contribution >= 0.6 is 0 Å². The van der Waals surface area contributed by atoms with Crippen molar-refractivity contribution in [2.24, 2.45) is 0 Å². The van der Waals surface area contributed by atoms with Crippen molar-refractivity contribution >= 4 is 23.4 Å². The number of pyridine rings is 1. The molecule has 1 atom stereocenters. The number of aryl methyl sites for hydroxylation is 1. The van der Waals surface area contributed by atoms with Crippen LogP contribution in [0.3, 0.4) is 0 Å². The lowest BCUT2D eigenvalue weighted by molar-refractivity contribution is -0.136. The third kappa shape index (κ3) is 4.19. The van der Waals surface area contributed by atoms with Crippen LogP contribution in [-0.4, -0.2) is 71.3 Å². The van der Waals surface area contributed by atoms with E-state index in [2.05, 4.69) is 26.2 Å². The first-order valence-electron chi connectivity index (χ1n) is 12.5. The first kappa shape index (κ1) is 22.9. The number of piperazine rings is 1. The number of fused-ring (bicyclic) bond motifs is 2. The van der Waals surface area contributed by atoms with Crippen LogP contribution in [0, 0.1) is 5.82 Å². The van der Waals surface area contributed by atoms with Crippen LogP contribution in [-0.2, 0) is 29.1 Å². The molecule has 6 rings (SSSR count). The number of hydrogen-bond acceptors (Lipinski definition) is 7. The van der Waals surface area contributed by atoms with Crippen molar-refractivity contribution in [3.8, 4) is 5.88 Å². The lowest BCUT2D eigenvalue weighted by Gasteiger charge is -2.37. The second kappa shape index (κ2) is 9.16. The average Bonchev–Trinajstić information content (AvgIpc) is 3.20. The summed E-state index contributed by atoms with van der Waals surface area (Å²) < 4.78 is 20.2. The number of aromatic nitrogens is 1. The summed E-state index contributed by atoms with van der Waals surface area (Å²) in [6, 6.07) is 4.22.